The monoisotopic (exact) mass is 457 g/mol. The van der Waals surface area contributed by atoms with Gasteiger partial charge in [-0.2, -0.15) is 0 Å². The lowest BCUT2D eigenvalue weighted by molar-refractivity contribution is -0.142. The van der Waals surface area contributed by atoms with Crippen LogP contribution in [-0.4, -0.2) is 83.3 Å². The standard InChI is InChI=1S/C24H27NO8/c1-9-17-19(24-15(31-9)8-16(26)33-24)22(29)12-6-5-11(21(28)18(12)23(17)30)14-7-13(25(3)4)20(27)10(2)32-14/h5-6,9-10,13-15,20,24,27-28H,7-8H2,1-4H3/t9-,10-,13-,14?,15-,20-,24+/m1/s1. The van der Waals surface area contributed by atoms with Crippen molar-refractivity contribution in [3.63, 3.8) is 0 Å². The van der Waals surface area contributed by atoms with Gasteiger partial charge in [-0.3, -0.25) is 14.4 Å². The van der Waals surface area contributed by atoms with E-state index in [0.717, 1.165) is 0 Å². The number of phenolic OH excluding ortho intramolecular Hbond substituents is 1. The quantitative estimate of drug-likeness (QED) is 0.633. The minimum atomic E-state index is -0.917. The number of ketones is 2. The van der Waals surface area contributed by atoms with Crippen molar-refractivity contribution in [2.45, 2.75) is 69.4 Å². The zero-order valence-electron chi connectivity index (χ0n) is 18.9. The summed E-state index contributed by atoms with van der Waals surface area (Å²) >= 11 is 0. The maximum Gasteiger partial charge on any atom is 0.309 e. The minimum Gasteiger partial charge on any atom is -0.507 e. The summed E-state index contributed by atoms with van der Waals surface area (Å²) in [5.74, 6) is -1.74. The van der Waals surface area contributed by atoms with Gasteiger partial charge in [-0.15, -0.1) is 0 Å². The zero-order valence-corrected chi connectivity index (χ0v) is 18.9. The first-order valence-corrected chi connectivity index (χ1v) is 11.1. The highest BCUT2D eigenvalue weighted by molar-refractivity contribution is 6.29. The number of carbonyl (C=O) groups is 3. The molecule has 5 rings (SSSR count). The van der Waals surface area contributed by atoms with Crippen LogP contribution in [-0.2, 0) is 19.0 Å². The van der Waals surface area contributed by atoms with Gasteiger partial charge in [0.2, 0.25) is 0 Å². The van der Waals surface area contributed by atoms with Gasteiger partial charge in [-0.25, -0.2) is 0 Å². The van der Waals surface area contributed by atoms with Crippen molar-refractivity contribution in [1.29, 1.82) is 0 Å². The molecule has 7 atom stereocenters. The number of carbonyl (C=O) groups excluding carboxylic acids is 3. The number of phenols is 1. The summed E-state index contributed by atoms with van der Waals surface area (Å²) in [6.45, 7) is 3.41. The average molecular weight is 457 g/mol. The number of esters is 1. The van der Waals surface area contributed by atoms with Gasteiger partial charge in [-0.1, -0.05) is 6.07 Å². The SMILES string of the molecule is C[C@H]1O[C@@H]2CC(=O)O[C@@H]2C2=C1C(=O)c1c(ccc(C3C[C@@H](N(C)C)[C@H](O)[C@@H](C)O3)c1O)C2=O. The van der Waals surface area contributed by atoms with E-state index < -0.39 is 54.2 Å². The number of fused-ring (bicyclic) bond motifs is 3. The number of hydrogen-bond acceptors (Lipinski definition) is 9. The van der Waals surface area contributed by atoms with E-state index in [1.54, 1.807) is 19.9 Å². The number of ether oxygens (including phenoxy) is 3. The molecule has 2 saturated heterocycles. The molecule has 0 radical (unpaired) electrons. The Bertz CT molecular complexity index is 1090. The fourth-order valence-electron chi connectivity index (χ4n) is 5.51. The van der Waals surface area contributed by atoms with Gasteiger partial charge in [0.05, 0.1) is 42.0 Å². The molecule has 0 saturated carbocycles. The van der Waals surface area contributed by atoms with E-state index in [9.17, 15) is 24.6 Å². The van der Waals surface area contributed by atoms with Gasteiger partial charge in [0, 0.05) is 22.7 Å². The number of aromatic hydroxyl groups is 1. The van der Waals surface area contributed by atoms with Gasteiger partial charge in [-0.05, 0) is 40.4 Å². The van der Waals surface area contributed by atoms with Crippen LogP contribution in [0.2, 0.25) is 0 Å². The van der Waals surface area contributed by atoms with E-state index in [4.69, 9.17) is 14.2 Å². The molecule has 3 aliphatic heterocycles. The Hall–Kier alpha value is -2.59. The maximum atomic E-state index is 13.5. The first kappa shape index (κ1) is 22.2. The third-order valence-corrected chi connectivity index (χ3v) is 7.21. The number of likely N-dealkylation sites (N-methyl/N-ethyl adjacent to an activating group) is 1. The summed E-state index contributed by atoms with van der Waals surface area (Å²) in [5.41, 5.74) is 0.643. The predicted molar refractivity (Wildman–Crippen MR) is 114 cm³/mol. The van der Waals surface area contributed by atoms with Gasteiger partial charge in [0.25, 0.3) is 0 Å². The second-order valence-electron chi connectivity index (χ2n) is 9.43. The summed E-state index contributed by atoms with van der Waals surface area (Å²) < 4.78 is 17.1. The molecule has 0 spiro atoms. The maximum absolute atomic E-state index is 13.5. The van der Waals surface area contributed by atoms with Crippen LogP contribution in [0, 0.1) is 0 Å². The molecule has 9 heteroatoms. The second kappa shape index (κ2) is 7.73. The number of rotatable bonds is 2. The van der Waals surface area contributed by atoms with Crippen LogP contribution in [0.5, 0.6) is 5.75 Å². The number of aliphatic hydroxyl groups excluding tert-OH is 1. The van der Waals surface area contributed by atoms with Crippen LogP contribution in [0.3, 0.4) is 0 Å². The van der Waals surface area contributed by atoms with Crippen LogP contribution in [0.25, 0.3) is 0 Å². The Kier molecular flexibility index (Phi) is 5.20. The molecule has 1 aromatic carbocycles. The molecule has 1 aliphatic carbocycles. The van der Waals surface area contributed by atoms with E-state index in [-0.39, 0.29) is 40.5 Å². The van der Waals surface area contributed by atoms with Crippen LogP contribution in [0.1, 0.15) is 59.1 Å². The normalized spacial score (nSPS) is 35.9. The van der Waals surface area contributed by atoms with E-state index in [1.165, 1.54) is 6.07 Å². The van der Waals surface area contributed by atoms with Crippen molar-refractivity contribution in [1.82, 2.24) is 4.90 Å². The molecular weight excluding hydrogens is 430 g/mol. The molecule has 0 aromatic heterocycles. The fourth-order valence-corrected chi connectivity index (χ4v) is 5.51. The Morgan fingerprint density at radius 2 is 1.76 bits per heavy atom. The lowest BCUT2D eigenvalue weighted by atomic mass is 9.76. The van der Waals surface area contributed by atoms with Crippen molar-refractivity contribution in [3.8, 4) is 5.75 Å². The smallest absolute Gasteiger partial charge is 0.309 e. The molecule has 1 unspecified atom stereocenters. The molecule has 33 heavy (non-hydrogen) atoms. The molecule has 3 heterocycles. The number of nitrogens with zero attached hydrogens (tertiary/aromatic N) is 1. The number of Topliss-reactive ketones (excluding diaryl/α,β-unsaturated/α-hetero) is 2. The zero-order chi connectivity index (χ0) is 23.8. The highest BCUT2D eigenvalue weighted by Gasteiger charge is 2.51. The van der Waals surface area contributed by atoms with Gasteiger partial charge in [0.1, 0.15) is 11.9 Å². The molecule has 0 amide bonds. The first-order chi connectivity index (χ1) is 15.6. The minimum absolute atomic E-state index is 0.0282. The Balaban J connectivity index is 1.57. The fraction of sp³-hybridized carbons (Fsp3) is 0.542. The van der Waals surface area contributed by atoms with Gasteiger partial charge < -0.3 is 29.3 Å². The van der Waals surface area contributed by atoms with Crippen molar-refractivity contribution < 1.29 is 38.8 Å². The average Bonchev–Trinajstić information content (AvgIpc) is 3.12. The van der Waals surface area contributed by atoms with Crippen LogP contribution < -0.4 is 0 Å². The largest absolute Gasteiger partial charge is 0.507 e. The summed E-state index contributed by atoms with van der Waals surface area (Å²) in [5, 5.41) is 21.7. The predicted octanol–water partition coefficient (Wildman–Crippen LogP) is 1.31. The van der Waals surface area contributed by atoms with Crippen LogP contribution in [0.4, 0.5) is 0 Å². The van der Waals surface area contributed by atoms with Crippen molar-refractivity contribution in [2.24, 2.45) is 0 Å². The third-order valence-electron chi connectivity index (χ3n) is 7.21. The molecule has 4 aliphatic rings. The van der Waals surface area contributed by atoms with E-state index in [1.807, 2.05) is 19.0 Å². The Morgan fingerprint density at radius 1 is 1.03 bits per heavy atom. The number of aliphatic hydroxyl groups is 1. The highest BCUT2D eigenvalue weighted by Crippen LogP contribution is 2.45. The lowest BCUT2D eigenvalue weighted by Gasteiger charge is -2.41. The van der Waals surface area contributed by atoms with Crippen molar-refractivity contribution >= 4 is 17.5 Å². The first-order valence-electron chi connectivity index (χ1n) is 11.1. The van der Waals surface area contributed by atoms with Gasteiger partial charge >= 0.3 is 5.97 Å². The van der Waals surface area contributed by atoms with Crippen LogP contribution in [0.15, 0.2) is 23.3 Å². The van der Waals surface area contributed by atoms with E-state index >= 15 is 0 Å². The lowest BCUT2D eigenvalue weighted by Crippen LogP contribution is -2.50. The topological polar surface area (TPSA) is 123 Å². The summed E-state index contributed by atoms with van der Waals surface area (Å²) in [4.78, 5) is 40.7. The molecular formula is C24H27NO8. The van der Waals surface area contributed by atoms with Gasteiger partial charge in [0.15, 0.2) is 17.7 Å². The van der Waals surface area contributed by atoms with E-state index in [2.05, 4.69) is 0 Å². The van der Waals surface area contributed by atoms with Crippen molar-refractivity contribution in [2.75, 3.05) is 14.1 Å². The molecule has 2 N–H and O–H groups in total. The number of hydrogen-bond donors (Lipinski definition) is 2. The van der Waals surface area contributed by atoms with Crippen molar-refractivity contribution in [3.05, 3.63) is 40.0 Å². The highest BCUT2D eigenvalue weighted by atomic mass is 16.6. The molecule has 176 valence electrons. The Labute approximate surface area is 190 Å². The third kappa shape index (κ3) is 3.25. The molecule has 0 bridgehead atoms. The summed E-state index contributed by atoms with van der Waals surface area (Å²) in [6, 6.07) is 2.90. The van der Waals surface area contributed by atoms with Crippen LogP contribution >= 0.6 is 0 Å². The molecule has 1 aromatic rings. The summed E-state index contributed by atoms with van der Waals surface area (Å²) in [6.07, 6.45) is -3.57. The second-order valence-corrected chi connectivity index (χ2v) is 9.43. The number of benzene rings is 1. The molecule has 9 nitrogen and oxygen atoms in total. The van der Waals surface area contributed by atoms with E-state index in [0.29, 0.717) is 12.0 Å². The Morgan fingerprint density at radius 3 is 2.45 bits per heavy atom. The summed E-state index contributed by atoms with van der Waals surface area (Å²) in [7, 11) is 3.72. The molecule has 2 fully saturated rings.